The second-order valence-corrected chi connectivity index (χ2v) is 7.37. The second-order valence-electron chi connectivity index (χ2n) is 6.96. The molecule has 0 aliphatic heterocycles. The lowest BCUT2D eigenvalue weighted by Gasteiger charge is -2.14. The van der Waals surface area contributed by atoms with E-state index >= 15 is 0 Å². The summed E-state index contributed by atoms with van der Waals surface area (Å²) in [5.74, 6) is 0.0633. The molecule has 3 aromatic rings. The Hall–Kier alpha value is -3.26. The van der Waals surface area contributed by atoms with E-state index in [0.717, 1.165) is 6.42 Å². The lowest BCUT2D eigenvalue weighted by atomic mass is 10.1. The molecule has 0 aliphatic rings. The molecule has 29 heavy (non-hydrogen) atoms. The number of hydrogen-bond acceptors (Lipinski definition) is 4. The van der Waals surface area contributed by atoms with Crippen LogP contribution >= 0.6 is 12.2 Å². The number of hydrazine groups is 1. The first-order valence-corrected chi connectivity index (χ1v) is 9.80. The van der Waals surface area contributed by atoms with Crippen LogP contribution in [0.5, 0.6) is 0 Å². The molecule has 0 saturated carbocycles. The van der Waals surface area contributed by atoms with Crippen LogP contribution in [0.4, 0.5) is 0 Å². The lowest BCUT2D eigenvalue weighted by Crippen LogP contribution is -2.47. The van der Waals surface area contributed by atoms with E-state index in [9.17, 15) is 9.59 Å². The summed E-state index contributed by atoms with van der Waals surface area (Å²) in [6.07, 6.45) is 0.962. The predicted molar refractivity (Wildman–Crippen MR) is 118 cm³/mol. The van der Waals surface area contributed by atoms with Crippen LogP contribution < -0.4 is 21.7 Å². The molecular weight excluding hydrogens is 386 g/mol. The zero-order chi connectivity index (χ0) is 20.8. The van der Waals surface area contributed by atoms with E-state index in [4.69, 9.17) is 12.2 Å². The third-order valence-electron chi connectivity index (χ3n) is 4.32. The van der Waals surface area contributed by atoms with Crippen LogP contribution in [0, 0.1) is 5.92 Å². The summed E-state index contributed by atoms with van der Waals surface area (Å²) < 4.78 is 1.23. The van der Waals surface area contributed by atoms with Crippen molar-refractivity contribution >= 4 is 34.0 Å². The molecule has 1 heterocycles. The molecule has 0 bridgehead atoms. The Balaban J connectivity index is 1.86. The average molecular weight is 410 g/mol. The zero-order valence-corrected chi connectivity index (χ0v) is 17.1. The van der Waals surface area contributed by atoms with Crippen molar-refractivity contribution < 1.29 is 4.79 Å². The Labute approximate surface area is 174 Å². The number of fused-ring (bicyclic) bond motifs is 1. The van der Waals surface area contributed by atoms with Crippen molar-refractivity contribution in [1.82, 2.24) is 25.9 Å². The van der Waals surface area contributed by atoms with Gasteiger partial charge in [0.2, 0.25) is 0 Å². The normalized spacial score (nSPS) is 10.7. The summed E-state index contributed by atoms with van der Waals surface area (Å²) in [6.45, 7) is 4.95. The van der Waals surface area contributed by atoms with Crippen molar-refractivity contribution in [3.05, 3.63) is 70.6 Å². The summed E-state index contributed by atoms with van der Waals surface area (Å²) in [5, 5.41) is 8.56. The van der Waals surface area contributed by atoms with Gasteiger partial charge in [0.05, 0.1) is 11.1 Å². The van der Waals surface area contributed by atoms with Gasteiger partial charge in [-0.2, -0.15) is 9.78 Å². The van der Waals surface area contributed by atoms with Gasteiger partial charge in [0.1, 0.15) is 0 Å². The molecule has 0 spiro atoms. The van der Waals surface area contributed by atoms with Gasteiger partial charge in [-0.05, 0) is 42.8 Å². The highest BCUT2D eigenvalue weighted by molar-refractivity contribution is 7.80. The molecule has 3 rings (SSSR count). The van der Waals surface area contributed by atoms with Crippen molar-refractivity contribution in [2.75, 3.05) is 6.54 Å². The number of benzene rings is 2. The van der Waals surface area contributed by atoms with Crippen LogP contribution in [-0.2, 0) is 0 Å². The molecule has 7 nitrogen and oxygen atoms in total. The third-order valence-corrected chi connectivity index (χ3v) is 4.56. The molecule has 2 aromatic carbocycles. The molecule has 0 unspecified atom stereocenters. The van der Waals surface area contributed by atoms with Crippen LogP contribution in [-0.4, -0.2) is 27.3 Å². The second kappa shape index (κ2) is 9.29. The van der Waals surface area contributed by atoms with Gasteiger partial charge in [-0.3, -0.25) is 20.4 Å². The number of rotatable bonds is 5. The molecule has 8 heteroatoms. The fourth-order valence-corrected chi connectivity index (χ4v) is 2.95. The number of para-hydroxylation sites is 1. The standard InChI is InChI=1S/C21H23N5O2S/c1-14(2)12-13-22-21(29)24-23-19(27)18-16-10-6-7-11-17(16)20(28)26(25-18)15-8-4-3-5-9-15/h3-11,14H,12-13H2,1-2H3,(H,23,27)(H2,22,24,29). The van der Waals surface area contributed by atoms with Gasteiger partial charge < -0.3 is 5.32 Å². The van der Waals surface area contributed by atoms with Crippen LogP contribution in [0.15, 0.2) is 59.4 Å². The molecule has 0 aliphatic carbocycles. The van der Waals surface area contributed by atoms with E-state index in [1.165, 1.54) is 4.68 Å². The third kappa shape index (κ3) is 4.97. The van der Waals surface area contributed by atoms with E-state index in [0.29, 0.717) is 34.0 Å². The quantitative estimate of drug-likeness (QED) is 0.443. The molecule has 150 valence electrons. The molecular formula is C21H23N5O2S. The number of thiocarbonyl (C=S) groups is 1. The minimum absolute atomic E-state index is 0.126. The van der Waals surface area contributed by atoms with E-state index in [-0.39, 0.29) is 11.3 Å². The number of aromatic nitrogens is 2. The molecule has 3 N–H and O–H groups in total. The number of nitrogens with one attached hydrogen (secondary N) is 3. The van der Waals surface area contributed by atoms with E-state index in [1.54, 1.807) is 48.5 Å². The Bertz CT molecular complexity index is 1080. The maximum Gasteiger partial charge on any atom is 0.290 e. The number of carbonyl (C=O) groups is 1. The Morgan fingerprint density at radius 2 is 1.69 bits per heavy atom. The van der Waals surface area contributed by atoms with Crippen LogP contribution in [0.1, 0.15) is 30.8 Å². The Morgan fingerprint density at radius 3 is 2.38 bits per heavy atom. The van der Waals surface area contributed by atoms with Crippen LogP contribution in [0.25, 0.3) is 16.5 Å². The maximum atomic E-state index is 12.9. The Morgan fingerprint density at radius 1 is 1.03 bits per heavy atom. The molecule has 1 amide bonds. The van der Waals surface area contributed by atoms with Gasteiger partial charge in [-0.25, -0.2) is 0 Å². The van der Waals surface area contributed by atoms with Gasteiger partial charge in [0.25, 0.3) is 11.5 Å². The fraction of sp³-hybridized carbons (Fsp3) is 0.238. The number of amides is 1. The largest absolute Gasteiger partial charge is 0.361 e. The zero-order valence-electron chi connectivity index (χ0n) is 16.3. The van der Waals surface area contributed by atoms with E-state index < -0.39 is 5.91 Å². The summed E-state index contributed by atoms with van der Waals surface area (Å²) in [6, 6.07) is 15.9. The summed E-state index contributed by atoms with van der Waals surface area (Å²) in [5.41, 5.74) is 5.66. The molecule has 1 aromatic heterocycles. The highest BCUT2D eigenvalue weighted by atomic mass is 32.1. The Kier molecular flexibility index (Phi) is 6.56. The smallest absolute Gasteiger partial charge is 0.290 e. The first kappa shape index (κ1) is 20.5. The fourth-order valence-electron chi connectivity index (χ4n) is 2.79. The van der Waals surface area contributed by atoms with Gasteiger partial charge in [-0.1, -0.05) is 50.2 Å². The maximum absolute atomic E-state index is 12.9. The van der Waals surface area contributed by atoms with Crippen molar-refractivity contribution in [2.24, 2.45) is 5.92 Å². The molecule has 0 fully saturated rings. The predicted octanol–water partition coefficient (Wildman–Crippen LogP) is 2.54. The first-order valence-electron chi connectivity index (χ1n) is 9.39. The van der Waals surface area contributed by atoms with Gasteiger partial charge >= 0.3 is 0 Å². The highest BCUT2D eigenvalue weighted by Gasteiger charge is 2.17. The minimum Gasteiger partial charge on any atom is -0.361 e. The molecule has 0 atom stereocenters. The SMILES string of the molecule is CC(C)CCNC(=S)NNC(=O)c1nn(-c2ccccc2)c(=O)c2ccccc12. The van der Waals surface area contributed by atoms with Crippen molar-refractivity contribution in [2.45, 2.75) is 20.3 Å². The average Bonchev–Trinajstić information content (AvgIpc) is 2.73. The first-order chi connectivity index (χ1) is 14.0. The monoisotopic (exact) mass is 409 g/mol. The summed E-state index contributed by atoms with van der Waals surface area (Å²) in [7, 11) is 0. The van der Waals surface area contributed by atoms with Crippen LogP contribution in [0.2, 0.25) is 0 Å². The lowest BCUT2D eigenvalue weighted by molar-refractivity contribution is 0.0939. The van der Waals surface area contributed by atoms with Crippen molar-refractivity contribution in [3.63, 3.8) is 0 Å². The van der Waals surface area contributed by atoms with Gasteiger partial charge in [-0.15, -0.1) is 0 Å². The number of hydrogen-bond donors (Lipinski definition) is 3. The topological polar surface area (TPSA) is 88.0 Å². The molecule has 0 saturated heterocycles. The minimum atomic E-state index is -0.487. The summed E-state index contributed by atoms with van der Waals surface area (Å²) in [4.78, 5) is 25.7. The highest BCUT2D eigenvalue weighted by Crippen LogP contribution is 2.15. The van der Waals surface area contributed by atoms with Crippen molar-refractivity contribution in [1.29, 1.82) is 0 Å². The van der Waals surface area contributed by atoms with Crippen LogP contribution in [0.3, 0.4) is 0 Å². The van der Waals surface area contributed by atoms with Crippen molar-refractivity contribution in [3.8, 4) is 5.69 Å². The van der Waals surface area contributed by atoms with E-state index in [1.807, 2.05) is 6.07 Å². The number of nitrogens with zero attached hydrogens (tertiary/aromatic N) is 2. The number of carbonyl (C=O) groups excluding carboxylic acids is 1. The van der Waals surface area contributed by atoms with E-state index in [2.05, 4.69) is 35.1 Å². The summed E-state index contributed by atoms with van der Waals surface area (Å²) >= 11 is 5.18. The molecule has 0 radical (unpaired) electrons. The van der Waals surface area contributed by atoms with Gasteiger partial charge in [0, 0.05) is 11.9 Å². The van der Waals surface area contributed by atoms with Gasteiger partial charge in [0.15, 0.2) is 10.8 Å².